The normalized spacial score (nSPS) is 10.2. The summed E-state index contributed by atoms with van der Waals surface area (Å²) >= 11 is 5.96. The Morgan fingerprint density at radius 2 is 1.92 bits per heavy atom. The quantitative estimate of drug-likeness (QED) is 0.483. The van der Waals surface area contributed by atoms with Gasteiger partial charge in [0.25, 0.3) is 11.6 Å². The molecule has 0 atom stereocenters. The molecule has 0 aromatic heterocycles. The van der Waals surface area contributed by atoms with Crippen molar-refractivity contribution in [3.05, 3.63) is 68.7 Å². The van der Waals surface area contributed by atoms with Gasteiger partial charge in [0.1, 0.15) is 0 Å². The zero-order valence-electron chi connectivity index (χ0n) is 13.3. The predicted molar refractivity (Wildman–Crippen MR) is 92.6 cm³/mol. The second-order valence-corrected chi connectivity index (χ2v) is 5.59. The monoisotopic (exact) mass is 362 g/mol. The molecule has 0 aliphatic carbocycles. The molecule has 0 radical (unpaired) electrons. The molecule has 8 heteroatoms. The van der Waals surface area contributed by atoms with Crippen LogP contribution in [0, 0.1) is 17.0 Å². The maximum Gasteiger partial charge on any atom is 0.311 e. The van der Waals surface area contributed by atoms with E-state index in [2.05, 4.69) is 5.32 Å². The number of hydrogen-bond acceptors (Lipinski definition) is 5. The van der Waals surface area contributed by atoms with Crippen molar-refractivity contribution in [3.63, 3.8) is 0 Å². The fraction of sp³-hybridized carbons (Fsp3) is 0.176. The molecule has 1 N–H and O–H groups in total. The predicted octanol–water partition coefficient (Wildman–Crippen LogP) is 3.28. The maximum atomic E-state index is 11.9. The third-order valence-electron chi connectivity index (χ3n) is 3.43. The number of amides is 1. The van der Waals surface area contributed by atoms with E-state index in [0.717, 1.165) is 0 Å². The van der Waals surface area contributed by atoms with Gasteiger partial charge in [0.15, 0.2) is 6.61 Å². The highest BCUT2D eigenvalue weighted by atomic mass is 35.5. The Hall–Kier alpha value is -2.93. The molecule has 1 amide bonds. The molecule has 0 heterocycles. The van der Waals surface area contributed by atoms with Crippen LogP contribution in [0.15, 0.2) is 42.5 Å². The summed E-state index contributed by atoms with van der Waals surface area (Å²) in [6.45, 7) is 1.25. The highest BCUT2D eigenvalue weighted by Crippen LogP contribution is 2.23. The number of para-hydroxylation sites is 1. The lowest BCUT2D eigenvalue weighted by Gasteiger charge is -2.10. The van der Waals surface area contributed by atoms with Crippen molar-refractivity contribution >= 4 is 34.9 Å². The van der Waals surface area contributed by atoms with Crippen molar-refractivity contribution in [1.82, 2.24) is 0 Å². The van der Waals surface area contributed by atoms with Gasteiger partial charge in [-0.15, -0.1) is 0 Å². The summed E-state index contributed by atoms with van der Waals surface area (Å²) in [4.78, 5) is 34.0. The third-order valence-corrected chi connectivity index (χ3v) is 3.84. The molecule has 0 spiro atoms. The Bertz CT molecular complexity index is 822. The van der Waals surface area contributed by atoms with Gasteiger partial charge in [-0.3, -0.25) is 19.7 Å². The summed E-state index contributed by atoms with van der Waals surface area (Å²) in [5.74, 6) is -1.26. The Morgan fingerprint density at radius 1 is 1.20 bits per heavy atom. The van der Waals surface area contributed by atoms with Crippen LogP contribution in [0.1, 0.15) is 11.1 Å². The minimum absolute atomic E-state index is 0.168. The van der Waals surface area contributed by atoms with Crippen LogP contribution in [-0.2, 0) is 20.7 Å². The van der Waals surface area contributed by atoms with E-state index in [9.17, 15) is 19.7 Å². The Labute approximate surface area is 148 Å². The molecule has 130 valence electrons. The van der Waals surface area contributed by atoms with Crippen molar-refractivity contribution in [3.8, 4) is 0 Å². The van der Waals surface area contributed by atoms with Crippen molar-refractivity contribution in [2.45, 2.75) is 13.3 Å². The SMILES string of the molecule is Cc1c(Cl)cccc1NC(=O)COC(=O)Cc1ccccc1[N+](=O)[O-]. The molecular weight excluding hydrogens is 348 g/mol. The standard InChI is InChI=1S/C17H15ClN2O5/c1-11-13(18)6-4-7-14(11)19-16(21)10-25-17(22)9-12-5-2-3-8-15(12)20(23)24/h2-8H,9-10H2,1H3,(H,19,21). The van der Waals surface area contributed by atoms with Crippen LogP contribution >= 0.6 is 11.6 Å². The number of halogens is 1. The van der Waals surface area contributed by atoms with Crippen molar-refractivity contribution in [1.29, 1.82) is 0 Å². The minimum Gasteiger partial charge on any atom is -0.455 e. The number of nitrogens with zero attached hydrogens (tertiary/aromatic N) is 1. The molecule has 7 nitrogen and oxygen atoms in total. The molecule has 0 aliphatic heterocycles. The van der Waals surface area contributed by atoms with Gasteiger partial charge in [-0.05, 0) is 24.6 Å². The first-order valence-corrected chi connectivity index (χ1v) is 7.69. The lowest BCUT2D eigenvalue weighted by Crippen LogP contribution is -2.22. The number of nitro groups is 1. The molecule has 25 heavy (non-hydrogen) atoms. The molecule has 2 rings (SSSR count). The van der Waals surface area contributed by atoms with Gasteiger partial charge >= 0.3 is 5.97 Å². The van der Waals surface area contributed by atoms with Gasteiger partial charge in [0.05, 0.1) is 11.3 Å². The number of ether oxygens (including phenoxy) is 1. The fourth-order valence-electron chi connectivity index (χ4n) is 2.12. The number of nitrogens with one attached hydrogen (secondary N) is 1. The van der Waals surface area contributed by atoms with E-state index >= 15 is 0 Å². The largest absolute Gasteiger partial charge is 0.455 e. The second kappa shape index (κ2) is 8.25. The van der Waals surface area contributed by atoms with E-state index in [1.807, 2.05) is 0 Å². The van der Waals surface area contributed by atoms with Gasteiger partial charge < -0.3 is 10.1 Å². The van der Waals surface area contributed by atoms with Gasteiger partial charge in [-0.1, -0.05) is 35.9 Å². The highest BCUT2D eigenvalue weighted by Gasteiger charge is 2.17. The van der Waals surface area contributed by atoms with Crippen LogP contribution in [0.5, 0.6) is 0 Å². The van der Waals surface area contributed by atoms with Crippen molar-refractivity contribution < 1.29 is 19.2 Å². The highest BCUT2D eigenvalue weighted by molar-refractivity contribution is 6.31. The summed E-state index contributed by atoms with van der Waals surface area (Å²) < 4.78 is 4.88. The number of rotatable bonds is 6. The molecule has 0 saturated heterocycles. The lowest BCUT2D eigenvalue weighted by molar-refractivity contribution is -0.385. The second-order valence-electron chi connectivity index (χ2n) is 5.18. The van der Waals surface area contributed by atoms with E-state index in [-0.39, 0.29) is 17.7 Å². The average molecular weight is 363 g/mol. The van der Waals surface area contributed by atoms with Gasteiger partial charge in [0.2, 0.25) is 0 Å². The van der Waals surface area contributed by atoms with Crippen LogP contribution in [0.25, 0.3) is 0 Å². The van der Waals surface area contributed by atoms with Crippen molar-refractivity contribution in [2.24, 2.45) is 0 Å². The fourth-order valence-corrected chi connectivity index (χ4v) is 2.29. The molecule has 0 bridgehead atoms. The van der Waals surface area contributed by atoms with E-state index in [0.29, 0.717) is 16.3 Å². The first-order chi connectivity index (χ1) is 11.9. The minimum atomic E-state index is -0.729. The van der Waals surface area contributed by atoms with Crippen LogP contribution in [-0.4, -0.2) is 23.4 Å². The number of hydrogen-bond donors (Lipinski definition) is 1. The maximum absolute atomic E-state index is 11.9. The number of carbonyl (C=O) groups excluding carboxylic acids is 2. The van der Waals surface area contributed by atoms with Crippen LogP contribution < -0.4 is 5.32 Å². The number of esters is 1. The van der Waals surface area contributed by atoms with E-state index < -0.39 is 23.4 Å². The zero-order chi connectivity index (χ0) is 18.4. The van der Waals surface area contributed by atoms with E-state index in [1.54, 1.807) is 31.2 Å². The molecule has 0 fully saturated rings. The molecule has 2 aromatic rings. The van der Waals surface area contributed by atoms with Gasteiger partial charge in [-0.25, -0.2) is 0 Å². The molecule has 0 aliphatic rings. The Kier molecular flexibility index (Phi) is 6.08. The summed E-state index contributed by atoms with van der Waals surface area (Å²) in [5, 5.41) is 14.0. The number of benzene rings is 2. The summed E-state index contributed by atoms with van der Waals surface area (Å²) in [6.07, 6.45) is -0.291. The van der Waals surface area contributed by atoms with Crippen LogP contribution in [0.4, 0.5) is 11.4 Å². The summed E-state index contributed by atoms with van der Waals surface area (Å²) in [5.41, 5.74) is 1.28. The van der Waals surface area contributed by atoms with Gasteiger partial charge in [0, 0.05) is 22.3 Å². The molecule has 2 aromatic carbocycles. The molecule has 0 saturated carbocycles. The van der Waals surface area contributed by atoms with Gasteiger partial charge in [-0.2, -0.15) is 0 Å². The number of anilines is 1. The Morgan fingerprint density at radius 3 is 2.64 bits per heavy atom. The summed E-state index contributed by atoms with van der Waals surface area (Å²) in [7, 11) is 0. The van der Waals surface area contributed by atoms with Crippen LogP contribution in [0.3, 0.4) is 0 Å². The average Bonchev–Trinajstić information content (AvgIpc) is 2.57. The third kappa shape index (κ3) is 5.02. The smallest absolute Gasteiger partial charge is 0.311 e. The first kappa shape index (κ1) is 18.4. The topological polar surface area (TPSA) is 98.5 Å². The zero-order valence-corrected chi connectivity index (χ0v) is 14.1. The molecule has 0 unspecified atom stereocenters. The lowest BCUT2D eigenvalue weighted by atomic mass is 10.1. The van der Waals surface area contributed by atoms with Crippen molar-refractivity contribution in [2.75, 3.05) is 11.9 Å². The molecular formula is C17H15ClN2O5. The van der Waals surface area contributed by atoms with E-state index in [4.69, 9.17) is 16.3 Å². The first-order valence-electron chi connectivity index (χ1n) is 7.31. The number of carbonyl (C=O) groups is 2. The van der Waals surface area contributed by atoms with Crippen LogP contribution in [0.2, 0.25) is 5.02 Å². The summed E-state index contributed by atoms with van der Waals surface area (Å²) in [6, 6.07) is 10.9. The Balaban J connectivity index is 1.91. The number of nitro benzene ring substituents is 1. The van der Waals surface area contributed by atoms with E-state index in [1.165, 1.54) is 18.2 Å².